The Morgan fingerprint density at radius 3 is 2.42 bits per heavy atom. The second kappa shape index (κ2) is 9.32. The van der Waals surface area contributed by atoms with Crippen LogP contribution in [0.3, 0.4) is 0 Å². The summed E-state index contributed by atoms with van der Waals surface area (Å²) < 4.78 is 27.3. The van der Waals surface area contributed by atoms with Crippen LogP contribution in [0.25, 0.3) is 0 Å². The second-order valence-electron chi connectivity index (χ2n) is 4.63. The lowest BCUT2D eigenvalue weighted by Gasteiger charge is -2.19. The van der Waals surface area contributed by atoms with Gasteiger partial charge in [0.05, 0.1) is 0 Å². The van der Waals surface area contributed by atoms with Gasteiger partial charge in [0.2, 0.25) is 0 Å². The van der Waals surface area contributed by atoms with Crippen LogP contribution in [0.2, 0.25) is 0 Å². The molecule has 0 bridgehead atoms. The molecule has 1 aromatic rings. The molecule has 0 aliphatic rings. The van der Waals surface area contributed by atoms with Gasteiger partial charge in [-0.25, -0.2) is 8.78 Å². The Hall–Kier alpha value is -0.610. The number of benzene rings is 1. The maximum absolute atomic E-state index is 13.6. The van der Waals surface area contributed by atoms with E-state index in [1.807, 2.05) is 11.8 Å². The molecule has 0 aliphatic carbocycles. The first kappa shape index (κ1) is 16.4. The van der Waals surface area contributed by atoms with Crippen molar-refractivity contribution in [3.8, 4) is 0 Å². The maximum atomic E-state index is 13.6. The molecule has 0 amide bonds. The summed E-state index contributed by atoms with van der Waals surface area (Å²) in [6.45, 7) is 5.11. The summed E-state index contributed by atoms with van der Waals surface area (Å²) in [5.74, 6) is 1.10. The molecule has 0 saturated heterocycles. The first-order valence-corrected chi connectivity index (χ1v) is 8.08. The molecule has 4 heteroatoms. The summed E-state index contributed by atoms with van der Waals surface area (Å²) in [6, 6.07) is 4.19. The molecule has 19 heavy (non-hydrogen) atoms. The molecule has 0 heterocycles. The number of rotatable bonds is 9. The number of hydrogen-bond acceptors (Lipinski definition) is 2. The average Bonchev–Trinajstić information content (AvgIpc) is 2.39. The van der Waals surface area contributed by atoms with Gasteiger partial charge in [0.1, 0.15) is 11.6 Å². The van der Waals surface area contributed by atoms with Crippen molar-refractivity contribution in [2.24, 2.45) is 0 Å². The van der Waals surface area contributed by atoms with E-state index in [1.165, 1.54) is 18.2 Å². The van der Waals surface area contributed by atoms with Crippen molar-refractivity contribution in [2.75, 3.05) is 18.1 Å². The van der Waals surface area contributed by atoms with Gasteiger partial charge in [-0.2, -0.15) is 11.8 Å². The highest BCUT2D eigenvalue weighted by atomic mass is 32.2. The van der Waals surface area contributed by atoms with E-state index in [-0.39, 0.29) is 11.6 Å². The standard InChI is InChI=1S/C15H23F2NS/c1-3-8-18-12(11-19-9-4-2)10-13-14(16)6-5-7-15(13)17/h5-7,12,18H,3-4,8-11H2,1-2H3. The number of halogens is 2. The van der Waals surface area contributed by atoms with E-state index in [0.29, 0.717) is 6.42 Å². The monoisotopic (exact) mass is 287 g/mol. The molecule has 0 spiro atoms. The van der Waals surface area contributed by atoms with Gasteiger partial charge in [-0.1, -0.05) is 19.9 Å². The minimum atomic E-state index is -0.441. The van der Waals surface area contributed by atoms with Crippen molar-refractivity contribution >= 4 is 11.8 Å². The van der Waals surface area contributed by atoms with Crippen molar-refractivity contribution in [1.29, 1.82) is 0 Å². The van der Waals surface area contributed by atoms with E-state index < -0.39 is 11.6 Å². The molecule has 1 rings (SSSR count). The molecule has 1 atom stereocenters. The average molecular weight is 287 g/mol. The summed E-state index contributed by atoms with van der Waals surface area (Å²) in [7, 11) is 0. The van der Waals surface area contributed by atoms with E-state index in [4.69, 9.17) is 0 Å². The third-order valence-corrected chi connectivity index (χ3v) is 4.20. The fourth-order valence-corrected chi connectivity index (χ4v) is 2.86. The summed E-state index contributed by atoms with van der Waals surface area (Å²) in [5.41, 5.74) is 0.202. The number of thioether (sulfide) groups is 1. The van der Waals surface area contributed by atoms with Gasteiger partial charge in [-0.05, 0) is 43.7 Å². The van der Waals surface area contributed by atoms with E-state index in [9.17, 15) is 8.78 Å². The summed E-state index contributed by atoms with van der Waals surface area (Å²) in [6.07, 6.45) is 2.56. The molecule has 0 fully saturated rings. The van der Waals surface area contributed by atoms with Gasteiger partial charge in [0.15, 0.2) is 0 Å². The van der Waals surface area contributed by atoms with Crippen LogP contribution in [-0.4, -0.2) is 24.1 Å². The van der Waals surface area contributed by atoms with E-state index >= 15 is 0 Å². The van der Waals surface area contributed by atoms with Crippen molar-refractivity contribution in [1.82, 2.24) is 5.32 Å². The van der Waals surface area contributed by atoms with E-state index in [1.54, 1.807) is 0 Å². The third-order valence-electron chi connectivity index (χ3n) is 2.86. The first-order valence-electron chi connectivity index (χ1n) is 6.93. The van der Waals surface area contributed by atoms with Crippen molar-refractivity contribution in [2.45, 2.75) is 39.2 Å². The largest absolute Gasteiger partial charge is 0.313 e. The fourth-order valence-electron chi connectivity index (χ4n) is 1.88. The lowest BCUT2D eigenvalue weighted by Crippen LogP contribution is -2.34. The molecular weight excluding hydrogens is 264 g/mol. The molecule has 1 N–H and O–H groups in total. The lowest BCUT2D eigenvalue weighted by atomic mass is 10.1. The Kier molecular flexibility index (Phi) is 8.07. The first-order chi connectivity index (χ1) is 9.19. The quantitative estimate of drug-likeness (QED) is 0.689. The minimum absolute atomic E-state index is 0.128. The van der Waals surface area contributed by atoms with Crippen LogP contribution in [-0.2, 0) is 6.42 Å². The van der Waals surface area contributed by atoms with Crippen molar-refractivity contribution in [3.63, 3.8) is 0 Å². The molecule has 0 saturated carbocycles. The van der Waals surface area contributed by atoms with Crippen LogP contribution in [0.5, 0.6) is 0 Å². The molecule has 108 valence electrons. The van der Waals surface area contributed by atoms with Gasteiger partial charge in [-0.15, -0.1) is 0 Å². The van der Waals surface area contributed by atoms with Gasteiger partial charge in [0.25, 0.3) is 0 Å². The third kappa shape index (κ3) is 5.91. The van der Waals surface area contributed by atoms with Crippen LogP contribution in [0, 0.1) is 11.6 Å². The molecule has 1 nitrogen and oxygen atoms in total. The Bertz CT molecular complexity index is 351. The molecule has 0 radical (unpaired) electrons. The normalized spacial score (nSPS) is 12.6. The van der Waals surface area contributed by atoms with E-state index in [0.717, 1.165) is 30.9 Å². The van der Waals surface area contributed by atoms with Crippen LogP contribution in [0.4, 0.5) is 8.78 Å². The van der Waals surface area contributed by atoms with E-state index in [2.05, 4.69) is 19.2 Å². The highest BCUT2D eigenvalue weighted by molar-refractivity contribution is 7.99. The Morgan fingerprint density at radius 2 is 1.84 bits per heavy atom. The minimum Gasteiger partial charge on any atom is -0.313 e. The van der Waals surface area contributed by atoms with Gasteiger partial charge in [0, 0.05) is 17.4 Å². The zero-order valence-corrected chi connectivity index (χ0v) is 12.5. The smallest absolute Gasteiger partial charge is 0.129 e. The van der Waals surface area contributed by atoms with Gasteiger partial charge < -0.3 is 5.32 Å². The molecule has 1 unspecified atom stereocenters. The fraction of sp³-hybridized carbons (Fsp3) is 0.600. The molecular formula is C15H23F2NS. The second-order valence-corrected chi connectivity index (χ2v) is 5.78. The molecule has 0 aliphatic heterocycles. The summed E-state index contributed by atoms with van der Waals surface area (Å²) >= 11 is 1.84. The number of hydrogen-bond donors (Lipinski definition) is 1. The topological polar surface area (TPSA) is 12.0 Å². The molecule has 1 aromatic carbocycles. The van der Waals surface area contributed by atoms with Crippen LogP contribution in [0.15, 0.2) is 18.2 Å². The van der Waals surface area contributed by atoms with Crippen molar-refractivity contribution < 1.29 is 8.78 Å². The summed E-state index contributed by atoms with van der Waals surface area (Å²) in [4.78, 5) is 0. The van der Waals surface area contributed by atoms with Gasteiger partial charge in [-0.3, -0.25) is 0 Å². The zero-order valence-electron chi connectivity index (χ0n) is 11.7. The van der Waals surface area contributed by atoms with Gasteiger partial charge >= 0.3 is 0 Å². The SMILES string of the molecule is CCCNC(CSCCC)Cc1c(F)cccc1F. The molecule has 0 aromatic heterocycles. The Balaban J connectivity index is 2.64. The van der Waals surface area contributed by atoms with Crippen LogP contribution >= 0.6 is 11.8 Å². The maximum Gasteiger partial charge on any atom is 0.129 e. The highest BCUT2D eigenvalue weighted by Gasteiger charge is 2.15. The number of nitrogens with one attached hydrogen (secondary N) is 1. The summed E-state index contributed by atoms with van der Waals surface area (Å²) in [5, 5.41) is 3.38. The zero-order chi connectivity index (χ0) is 14.1. The highest BCUT2D eigenvalue weighted by Crippen LogP contribution is 2.16. The lowest BCUT2D eigenvalue weighted by molar-refractivity contribution is 0.503. The van der Waals surface area contributed by atoms with Crippen LogP contribution < -0.4 is 5.32 Å². The predicted molar refractivity (Wildman–Crippen MR) is 79.8 cm³/mol. The predicted octanol–water partition coefficient (Wildman–Crippen LogP) is 4.02. The Morgan fingerprint density at radius 1 is 1.16 bits per heavy atom. The van der Waals surface area contributed by atoms with Crippen LogP contribution in [0.1, 0.15) is 32.3 Å². The Labute approximate surface area is 119 Å². The van der Waals surface area contributed by atoms with Crippen molar-refractivity contribution in [3.05, 3.63) is 35.4 Å².